The van der Waals surface area contributed by atoms with E-state index in [9.17, 15) is 9.18 Å². The van der Waals surface area contributed by atoms with Crippen LogP contribution in [0.1, 0.15) is 25.6 Å². The van der Waals surface area contributed by atoms with E-state index >= 15 is 0 Å². The van der Waals surface area contributed by atoms with Crippen molar-refractivity contribution in [2.24, 2.45) is 0 Å². The van der Waals surface area contributed by atoms with E-state index in [1.807, 2.05) is 0 Å². The lowest BCUT2D eigenvalue weighted by Crippen LogP contribution is -2.27. The number of rotatable bonds is 4. The van der Waals surface area contributed by atoms with E-state index in [-0.39, 0.29) is 5.69 Å². The molecule has 0 bridgehead atoms. The SMILES string of the molecule is CC(C)(C)OC(=O)Nc1ccc(F)c(NCc2cnc(Cl)s2)c1. The lowest BCUT2D eigenvalue weighted by molar-refractivity contribution is 0.0636. The summed E-state index contributed by atoms with van der Waals surface area (Å²) in [5.74, 6) is -0.421. The van der Waals surface area contributed by atoms with Crippen molar-refractivity contribution in [1.82, 2.24) is 4.98 Å². The Morgan fingerprint density at radius 1 is 1.43 bits per heavy atom. The minimum Gasteiger partial charge on any atom is -0.444 e. The van der Waals surface area contributed by atoms with Crippen LogP contribution in [0.5, 0.6) is 0 Å². The highest BCUT2D eigenvalue weighted by Gasteiger charge is 2.16. The minimum atomic E-state index is -0.601. The highest BCUT2D eigenvalue weighted by atomic mass is 35.5. The molecule has 0 radical (unpaired) electrons. The van der Waals surface area contributed by atoms with Gasteiger partial charge in [-0.05, 0) is 39.0 Å². The van der Waals surface area contributed by atoms with Crippen molar-refractivity contribution >= 4 is 40.4 Å². The summed E-state index contributed by atoms with van der Waals surface area (Å²) in [6.45, 7) is 5.69. The predicted octanol–water partition coefficient (Wildman–Crippen LogP) is 4.89. The van der Waals surface area contributed by atoms with Crippen LogP contribution >= 0.6 is 22.9 Å². The number of amides is 1. The third kappa shape index (κ3) is 5.69. The summed E-state index contributed by atoms with van der Waals surface area (Å²) < 4.78 is 19.4. The number of hydrogen-bond acceptors (Lipinski definition) is 5. The highest BCUT2D eigenvalue weighted by molar-refractivity contribution is 7.15. The van der Waals surface area contributed by atoms with Crippen LogP contribution in [0, 0.1) is 5.82 Å². The van der Waals surface area contributed by atoms with Gasteiger partial charge in [-0.1, -0.05) is 11.6 Å². The molecule has 0 unspecified atom stereocenters. The Labute approximate surface area is 142 Å². The van der Waals surface area contributed by atoms with E-state index in [0.717, 1.165) is 4.88 Å². The van der Waals surface area contributed by atoms with Crippen molar-refractivity contribution in [3.63, 3.8) is 0 Å². The van der Waals surface area contributed by atoms with Gasteiger partial charge in [0, 0.05) is 16.8 Å². The monoisotopic (exact) mass is 357 g/mol. The van der Waals surface area contributed by atoms with Gasteiger partial charge in [-0.15, -0.1) is 11.3 Å². The maximum absolute atomic E-state index is 13.8. The fourth-order valence-corrected chi connectivity index (χ4v) is 2.63. The zero-order chi connectivity index (χ0) is 17.0. The second kappa shape index (κ2) is 7.14. The summed E-state index contributed by atoms with van der Waals surface area (Å²) in [5, 5.41) is 5.52. The molecule has 1 heterocycles. The summed E-state index contributed by atoms with van der Waals surface area (Å²) >= 11 is 7.07. The second-order valence-corrected chi connectivity index (χ2v) is 7.45. The number of nitrogens with one attached hydrogen (secondary N) is 2. The van der Waals surface area contributed by atoms with Gasteiger partial charge in [0.25, 0.3) is 0 Å². The number of aromatic nitrogens is 1. The normalized spacial score (nSPS) is 11.2. The minimum absolute atomic E-state index is 0.267. The van der Waals surface area contributed by atoms with Gasteiger partial charge in [-0.25, -0.2) is 14.2 Å². The van der Waals surface area contributed by atoms with Gasteiger partial charge in [-0.3, -0.25) is 5.32 Å². The molecule has 2 aromatic rings. The smallest absolute Gasteiger partial charge is 0.412 e. The molecule has 5 nitrogen and oxygen atoms in total. The Hall–Kier alpha value is -1.86. The maximum Gasteiger partial charge on any atom is 0.412 e. The molecule has 0 aliphatic heterocycles. The van der Waals surface area contributed by atoms with E-state index in [4.69, 9.17) is 16.3 Å². The van der Waals surface area contributed by atoms with Crippen LogP contribution in [0.25, 0.3) is 0 Å². The van der Waals surface area contributed by atoms with Crippen LogP contribution in [0.3, 0.4) is 0 Å². The van der Waals surface area contributed by atoms with Crippen LogP contribution in [-0.2, 0) is 11.3 Å². The first-order valence-electron chi connectivity index (χ1n) is 6.86. The Balaban J connectivity index is 2.02. The summed E-state index contributed by atoms with van der Waals surface area (Å²) in [4.78, 5) is 16.5. The van der Waals surface area contributed by atoms with Gasteiger partial charge in [0.1, 0.15) is 11.4 Å². The van der Waals surface area contributed by atoms with Gasteiger partial charge in [0.05, 0.1) is 12.2 Å². The Kier molecular flexibility index (Phi) is 5.43. The molecule has 0 saturated carbocycles. The van der Waals surface area contributed by atoms with Crippen molar-refractivity contribution in [2.45, 2.75) is 32.9 Å². The van der Waals surface area contributed by atoms with Crippen LogP contribution < -0.4 is 10.6 Å². The molecule has 0 spiro atoms. The van der Waals surface area contributed by atoms with Gasteiger partial charge < -0.3 is 10.1 Å². The summed E-state index contributed by atoms with van der Waals surface area (Å²) in [5.41, 5.74) is 0.102. The zero-order valence-corrected chi connectivity index (χ0v) is 14.5. The molecule has 1 aromatic carbocycles. The molecule has 0 aliphatic rings. The van der Waals surface area contributed by atoms with Gasteiger partial charge >= 0.3 is 6.09 Å². The topological polar surface area (TPSA) is 63.2 Å². The molecule has 124 valence electrons. The first kappa shape index (κ1) is 17.5. The van der Waals surface area contributed by atoms with Gasteiger partial charge in [0.2, 0.25) is 0 Å². The van der Waals surface area contributed by atoms with Crippen LogP contribution in [-0.4, -0.2) is 16.7 Å². The number of benzene rings is 1. The average molecular weight is 358 g/mol. The second-order valence-electron chi connectivity index (χ2n) is 5.75. The van der Waals surface area contributed by atoms with Gasteiger partial charge in [-0.2, -0.15) is 0 Å². The lowest BCUT2D eigenvalue weighted by Gasteiger charge is -2.20. The molecule has 0 atom stereocenters. The molecule has 0 aliphatic carbocycles. The highest BCUT2D eigenvalue weighted by Crippen LogP contribution is 2.23. The Bertz CT molecular complexity index is 700. The van der Waals surface area contributed by atoms with E-state index in [1.54, 1.807) is 27.0 Å². The summed E-state index contributed by atoms with van der Waals surface area (Å²) in [7, 11) is 0. The zero-order valence-electron chi connectivity index (χ0n) is 12.9. The molecule has 2 N–H and O–H groups in total. The number of hydrogen-bond donors (Lipinski definition) is 2. The lowest BCUT2D eigenvalue weighted by atomic mass is 10.2. The van der Waals surface area contributed by atoms with Gasteiger partial charge in [0.15, 0.2) is 4.47 Å². The molecular formula is C15H17ClFN3O2S. The van der Waals surface area contributed by atoms with Crippen molar-refractivity contribution in [1.29, 1.82) is 0 Å². The molecule has 0 saturated heterocycles. The molecule has 8 heteroatoms. The summed E-state index contributed by atoms with van der Waals surface area (Å²) in [6, 6.07) is 4.24. The van der Waals surface area contributed by atoms with Crippen LogP contribution in [0.2, 0.25) is 4.47 Å². The number of ether oxygens (including phenoxy) is 1. The molecule has 1 aromatic heterocycles. The Morgan fingerprint density at radius 3 is 2.78 bits per heavy atom. The quantitative estimate of drug-likeness (QED) is 0.817. The van der Waals surface area contributed by atoms with Crippen molar-refractivity contribution in [3.8, 4) is 0 Å². The molecule has 1 amide bonds. The number of carbonyl (C=O) groups is 1. The van der Waals surface area contributed by atoms with E-state index in [1.165, 1.54) is 29.5 Å². The summed E-state index contributed by atoms with van der Waals surface area (Å²) in [6.07, 6.45) is 1.03. The largest absolute Gasteiger partial charge is 0.444 e. The first-order chi connectivity index (χ1) is 10.7. The average Bonchev–Trinajstić information content (AvgIpc) is 2.83. The number of halogens is 2. The van der Waals surface area contributed by atoms with Crippen molar-refractivity contribution < 1.29 is 13.9 Å². The molecule has 2 rings (SSSR count). The number of thiazole rings is 1. The maximum atomic E-state index is 13.8. The van der Waals surface area contributed by atoms with Crippen LogP contribution in [0.15, 0.2) is 24.4 Å². The molecule has 0 fully saturated rings. The third-order valence-corrected chi connectivity index (χ3v) is 3.70. The standard InChI is InChI=1S/C15H17ClFN3O2S/c1-15(2,3)22-14(21)20-9-4-5-11(17)12(6-9)18-7-10-8-19-13(16)23-10/h4-6,8,18H,7H2,1-3H3,(H,20,21). The number of carbonyl (C=O) groups excluding carboxylic acids is 1. The first-order valence-corrected chi connectivity index (χ1v) is 8.06. The van der Waals surface area contributed by atoms with Crippen molar-refractivity contribution in [2.75, 3.05) is 10.6 Å². The number of nitrogens with zero attached hydrogens (tertiary/aromatic N) is 1. The van der Waals surface area contributed by atoms with E-state index in [0.29, 0.717) is 16.7 Å². The predicted molar refractivity (Wildman–Crippen MR) is 90.7 cm³/mol. The van der Waals surface area contributed by atoms with E-state index < -0.39 is 17.5 Å². The van der Waals surface area contributed by atoms with Crippen LogP contribution in [0.4, 0.5) is 20.6 Å². The fraction of sp³-hybridized carbons (Fsp3) is 0.333. The van der Waals surface area contributed by atoms with Crippen molar-refractivity contribution in [3.05, 3.63) is 39.6 Å². The Morgan fingerprint density at radius 2 is 2.17 bits per heavy atom. The third-order valence-electron chi connectivity index (χ3n) is 2.59. The molecular weight excluding hydrogens is 341 g/mol. The number of anilines is 2. The van der Waals surface area contributed by atoms with E-state index in [2.05, 4.69) is 15.6 Å². The fourth-order valence-electron chi connectivity index (χ4n) is 1.71. The molecule has 23 heavy (non-hydrogen) atoms.